The molecule has 1 aliphatic heterocycles. The van der Waals surface area contributed by atoms with E-state index in [4.69, 9.17) is 5.11 Å². The zero-order valence-electron chi connectivity index (χ0n) is 11.1. The van der Waals surface area contributed by atoms with Crippen LogP contribution in [0.5, 0.6) is 0 Å². The SMILES string of the molecule is CC(=NCCCCCC(=O)O)C1C(=O)NC(=O)NC1=O. The van der Waals surface area contributed by atoms with Gasteiger partial charge in [0.05, 0.1) is 0 Å². The topological polar surface area (TPSA) is 125 Å². The van der Waals surface area contributed by atoms with E-state index in [2.05, 4.69) is 4.99 Å². The van der Waals surface area contributed by atoms with Crippen LogP contribution in [0.4, 0.5) is 4.79 Å². The Labute approximate surface area is 115 Å². The number of aliphatic carboxylic acids is 1. The predicted molar refractivity (Wildman–Crippen MR) is 69.3 cm³/mol. The van der Waals surface area contributed by atoms with E-state index in [0.717, 1.165) is 0 Å². The van der Waals surface area contributed by atoms with Crippen molar-refractivity contribution in [3.05, 3.63) is 0 Å². The fourth-order valence-electron chi connectivity index (χ4n) is 1.81. The summed E-state index contributed by atoms with van der Waals surface area (Å²) in [6, 6.07) is -0.822. The van der Waals surface area contributed by atoms with E-state index in [9.17, 15) is 19.2 Å². The predicted octanol–water partition coefficient (Wildman–Crippen LogP) is 0.0745. The van der Waals surface area contributed by atoms with Crippen molar-refractivity contribution in [1.29, 1.82) is 0 Å². The van der Waals surface area contributed by atoms with E-state index in [0.29, 0.717) is 31.5 Å². The van der Waals surface area contributed by atoms with Crippen LogP contribution in [0.1, 0.15) is 32.6 Å². The summed E-state index contributed by atoms with van der Waals surface area (Å²) in [4.78, 5) is 48.4. The minimum Gasteiger partial charge on any atom is -0.481 e. The number of rotatable bonds is 7. The summed E-state index contributed by atoms with van der Waals surface area (Å²) in [5.41, 5.74) is 0.339. The largest absolute Gasteiger partial charge is 0.481 e. The second-order valence-electron chi connectivity index (χ2n) is 4.47. The Hall–Kier alpha value is -2.25. The van der Waals surface area contributed by atoms with Crippen molar-refractivity contribution < 1.29 is 24.3 Å². The smallest absolute Gasteiger partial charge is 0.328 e. The molecule has 0 aromatic heterocycles. The highest BCUT2D eigenvalue weighted by Gasteiger charge is 2.36. The van der Waals surface area contributed by atoms with Gasteiger partial charge in [0.1, 0.15) is 0 Å². The molecule has 1 saturated heterocycles. The summed E-state index contributed by atoms with van der Waals surface area (Å²) < 4.78 is 0. The Morgan fingerprint density at radius 3 is 2.30 bits per heavy atom. The number of hydrogen-bond acceptors (Lipinski definition) is 5. The number of barbiturate groups is 1. The maximum Gasteiger partial charge on any atom is 0.328 e. The average molecular weight is 283 g/mol. The maximum absolute atomic E-state index is 11.5. The number of amides is 4. The van der Waals surface area contributed by atoms with E-state index in [1.807, 2.05) is 10.6 Å². The van der Waals surface area contributed by atoms with Gasteiger partial charge in [0.25, 0.3) is 0 Å². The van der Waals surface area contributed by atoms with Crippen molar-refractivity contribution in [2.24, 2.45) is 10.9 Å². The molecule has 0 atom stereocenters. The zero-order valence-corrected chi connectivity index (χ0v) is 11.1. The molecule has 1 rings (SSSR count). The van der Waals surface area contributed by atoms with Crippen LogP contribution < -0.4 is 10.6 Å². The summed E-state index contributed by atoms with van der Waals surface area (Å²) in [5.74, 6) is -3.26. The summed E-state index contributed by atoms with van der Waals surface area (Å²) in [7, 11) is 0. The molecular weight excluding hydrogens is 266 g/mol. The van der Waals surface area contributed by atoms with Crippen molar-refractivity contribution in [3.8, 4) is 0 Å². The van der Waals surface area contributed by atoms with E-state index in [-0.39, 0.29) is 6.42 Å². The highest BCUT2D eigenvalue weighted by molar-refractivity contribution is 6.27. The third-order valence-corrected chi connectivity index (χ3v) is 2.83. The van der Waals surface area contributed by atoms with Gasteiger partial charge < -0.3 is 5.11 Å². The molecule has 0 aromatic carbocycles. The molecule has 0 unspecified atom stereocenters. The van der Waals surface area contributed by atoms with Gasteiger partial charge in [-0.05, 0) is 19.8 Å². The molecule has 8 nitrogen and oxygen atoms in total. The van der Waals surface area contributed by atoms with Gasteiger partial charge in [-0.3, -0.25) is 30.0 Å². The van der Waals surface area contributed by atoms with Gasteiger partial charge in [-0.25, -0.2) is 4.79 Å². The minimum absolute atomic E-state index is 0.123. The van der Waals surface area contributed by atoms with Gasteiger partial charge in [0, 0.05) is 18.7 Å². The lowest BCUT2D eigenvalue weighted by atomic mass is 10.0. The maximum atomic E-state index is 11.5. The number of imide groups is 2. The second-order valence-corrected chi connectivity index (χ2v) is 4.47. The van der Waals surface area contributed by atoms with Crippen LogP contribution in [0, 0.1) is 5.92 Å². The molecule has 8 heteroatoms. The number of urea groups is 1. The summed E-state index contributed by atoms with van der Waals surface area (Å²) in [5, 5.41) is 12.5. The van der Waals surface area contributed by atoms with Crippen LogP contribution in [0.2, 0.25) is 0 Å². The van der Waals surface area contributed by atoms with Gasteiger partial charge >= 0.3 is 12.0 Å². The molecule has 3 N–H and O–H groups in total. The van der Waals surface area contributed by atoms with Crippen LogP contribution in [0.25, 0.3) is 0 Å². The van der Waals surface area contributed by atoms with Crippen LogP contribution in [-0.2, 0) is 14.4 Å². The molecule has 1 heterocycles. The Morgan fingerprint density at radius 2 is 1.75 bits per heavy atom. The third-order valence-electron chi connectivity index (χ3n) is 2.83. The average Bonchev–Trinajstić information content (AvgIpc) is 2.31. The lowest BCUT2D eigenvalue weighted by Gasteiger charge is -2.20. The number of carboxylic acids is 1. The Bertz CT molecular complexity index is 438. The van der Waals surface area contributed by atoms with E-state index in [1.165, 1.54) is 0 Å². The molecule has 0 aliphatic carbocycles. The van der Waals surface area contributed by atoms with Gasteiger partial charge in [-0.15, -0.1) is 0 Å². The highest BCUT2D eigenvalue weighted by Crippen LogP contribution is 2.07. The lowest BCUT2D eigenvalue weighted by molar-refractivity contribution is -0.137. The van der Waals surface area contributed by atoms with Crippen LogP contribution in [0.3, 0.4) is 0 Å². The fourth-order valence-corrected chi connectivity index (χ4v) is 1.81. The molecule has 110 valence electrons. The first-order valence-electron chi connectivity index (χ1n) is 6.30. The molecule has 0 radical (unpaired) electrons. The first-order chi connectivity index (χ1) is 9.41. The molecule has 0 spiro atoms. The number of carboxylic acid groups (broad SMARTS) is 1. The molecule has 1 aliphatic rings. The number of unbranched alkanes of at least 4 members (excludes halogenated alkanes) is 2. The Balaban J connectivity index is 2.40. The highest BCUT2D eigenvalue weighted by atomic mass is 16.4. The van der Waals surface area contributed by atoms with Crippen LogP contribution >= 0.6 is 0 Å². The third kappa shape index (κ3) is 4.79. The Morgan fingerprint density at radius 1 is 1.15 bits per heavy atom. The number of nitrogens with one attached hydrogen (secondary N) is 2. The second kappa shape index (κ2) is 7.37. The van der Waals surface area contributed by atoms with Crippen LogP contribution in [-0.4, -0.2) is 41.2 Å². The number of nitrogens with zero attached hydrogens (tertiary/aromatic N) is 1. The minimum atomic E-state index is -1.08. The van der Waals surface area contributed by atoms with Crippen molar-refractivity contribution in [1.82, 2.24) is 10.6 Å². The summed E-state index contributed by atoms with van der Waals surface area (Å²) in [6.45, 7) is 1.97. The first-order valence-corrected chi connectivity index (χ1v) is 6.30. The van der Waals surface area contributed by atoms with Gasteiger partial charge in [-0.2, -0.15) is 0 Å². The van der Waals surface area contributed by atoms with E-state index in [1.54, 1.807) is 6.92 Å². The number of aliphatic imine (C=N–C) groups is 1. The van der Waals surface area contributed by atoms with Crippen molar-refractivity contribution in [2.45, 2.75) is 32.6 Å². The molecular formula is C12H17N3O5. The molecule has 0 bridgehead atoms. The Kier molecular flexibility index (Phi) is 5.82. The van der Waals surface area contributed by atoms with Gasteiger partial charge in [0.2, 0.25) is 11.8 Å². The van der Waals surface area contributed by atoms with Crippen molar-refractivity contribution >= 4 is 29.5 Å². The summed E-state index contributed by atoms with van der Waals surface area (Å²) >= 11 is 0. The number of carbonyl (C=O) groups excluding carboxylic acids is 3. The molecule has 0 saturated carbocycles. The standard InChI is InChI=1S/C12H17N3O5/c1-7(13-6-4-2-3-5-8(16)17)9-10(18)14-12(20)15-11(9)19/h9H,2-6H2,1H3,(H,16,17)(H2,14,15,18,19,20). The van der Waals surface area contributed by atoms with Crippen molar-refractivity contribution in [3.63, 3.8) is 0 Å². The van der Waals surface area contributed by atoms with Gasteiger partial charge in [0.15, 0.2) is 5.92 Å². The number of hydrogen-bond donors (Lipinski definition) is 3. The van der Waals surface area contributed by atoms with Crippen molar-refractivity contribution in [2.75, 3.05) is 6.54 Å². The zero-order chi connectivity index (χ0) is 15.1. The molecule has 20 heavy (non-hydrogen) atoms. The molecule has 0 aromatic rings. The fraction of sp³-hybridized carbons (Fsp3) is 0.583. The van der Waals surface area contributed by atoms with Gasteiger partial charge in [-0.1, -0.05) is 6.42 Å². The number of carbonyl (C=O) groups is 4. The van der Waals surface area contributed by atoms with Crippen LogP contribution in [0.15, 0.2) is 4.99 Å². The normalized spacial score (nSPS) is 16.9. The van der Waals surface area contributed by atoms with E-state index < -0.39 is 29.7 Å². The molecule has 1 fully saturated rings. The first kappa shape index (κ1) is 15.8. The monoisotopic (exact) mass is 283 g/mol. The summed E-state index contributed by atoms with van der Waals surface area (Å²) in [6.07, 6.45) is 2.09. The molecule has 4 amide bonds. The quantitative estimate of drug-likeness (QED) is 0.346. The lowest BCUT2D eigenvalue weighted by Crippen LogP contribution is -2.57. The van der Waals surface area contributed by atoms with E-state index >= 15 is 0 Å².